The van der Waals surface area contributed by atoms with E-state index in [1.54, 1.807) is 0 Å². The van der Waals surface area contributed by atoms with Gasteiger partial charge in [0.25, 0.3) is 0 Å². The maximum absolute atomic E-state index is 12.7. The van der Waals surface area contributed by atoms with E-state index < -0.39 is 6.10 Å². The molecule has 0 amide bonds. The normalized spacial score (nSPS) is 12.5. The first-order valence-corrected chi connectivity index (χ1v) is 24.8. The minimum atomic E-state index is -0.788. The number of allylic oxidation sites excluding steroid dienone is 10. The zero-order valence-corrected chi connectivity index (χ0v) is 38.8. The molecular formula is C53H92O6. The Morgan fingerprint density at radius 1 is 0.339 bits per heavy atom. The van der Waals surface area contributed by atoms with Gasteiger partial charge in [-0.1, -0.05) is 210 Å². The molecule has 0 aliphatic heterocycles. The molecule has 0 heterocycles. The second-order valence-electron chi connectivity index (χ2n) is 16.5. The Morgan fingerprint density at radius 3 is 1.05 bits per heavy atom. The molecule has 0 aliphatic carbocycles. The van der Waals surface area contributed by atoms with Gasteiger partial charge < -0.3 is 14.2 Å². The van der Waals surface area contributed by atoms with Crippen LogP contribution in [0.2, 0.25) is 0 Å². The van der Waals surface area contributed by atoms with Crippen LogP contribution in [0.25, 0.3) is 0 Å². The average molecular weight is 825 g/mol. The number of esters is 3. The molecule has 0 spiro atoms. The molecular weight excluding hydrogens is 733 g/mol. The Balaban J connectivity index is 4.40. The first-order valence-electron chi connectivity index (χ1n) is 24.8. The predicted octanol–water partition coefficient (Wildman–Crippen LogP) is 16.1. The molecule has 0 aromatic rings. The molecule has 59 heavy (non-hydrogen) atoms. The third-order valence-corrected chi connectivity index (χ3v) is 10.6. The van der Waals surface area contributed by atoms with Crippen LogP contribution in [0.3, 0.4) is 0 Å². The molecule has 0 fully saturated rings. The number of ether oxygens (including phenoxy) is 3. The SMILES string of the molecule is CCCCC\C=C/C=C\C=C/C=C\CCCCCCCC(=O)OCC(COC(=O)CCCCCCCCCCC)OC(=O)CCCCC/C=C\CCCCCCCCC. The van der Waals surface area contributed by atoms with E-state index in [1.807, 2.05) is 0 Å². The highest BCUT2D eigenvalue weighted by molar-refractivity contribution is 5.71. The summed E-state index contributed by atoms with van der Waals surface area (Å²) in [5, 5.41) is 0. The fourth-order valence-electron chi connectivity index (χ4n) is 6.80. The summed E-state index contributed by atoms with van der Waals surface area (Å²) in [6, 6.07) is 0. The number of carbonyl (C=O) groups excluding carboxylic acids is 3. The third kappa shape index (κ3) is 46.0. The zero-order chi connectivity index (χ0) is 43.0. The Hall–Kier alpha value is -2.89. The van der Waals surface area contributed by atoms with Gasteiger partial charge in [0, 0.05) is 19.3 Å². The van der Waals surface area contributed by atoms with Crippen LogP contribution >= 0.6 is 0 Å². The lowest BCUT2D eigenvalue weighted by Crippen LogP contribution is -2.30. The molecule has 6 heteroatoms. The average Bonchev–Trinajstić information content (AvgIpc) is 3.23. The molecule has 0 aliphatic rings. The summed E-state index contributed by atoms with van der Waals surface area (Å²) in [4.78, 5) is 37.8. The minimum absolute atomic E-state index is 0.0870. The number of carbonyl (C=O) groups is 3. The van der Waals surface area contributed by atoms with Crippen LogP contribution in [-0.2, 0) is 28.6 Å². The monoisotopic (exact) mass is 825 g/mol. The maximum atomic E-state index is 12.7. The predicted molar refractivity (Wildman–Crippen MR) is 251 cm³/mol. The third-order valence-electron chi connectivity index (χ3n) is 10.6. The molecule has 0 saturated heterocycles. The second-order valence-corrected chi connectivity index (χ2v) is 16.5. The molecule has 0 bridgehead atoms. The first kappa shape index (κ1) is 56.1. The summed E-state index contributed by atoms with van der Waals surface area (Å²) in [7, 11) is 0. The van der Waals surface area contributed by atoms with Crippen molar-refractivity contribution in [1.29, 1.82) is 0 Å². The van der Waals surface area contributed by atoms with Crippen LogP contribution in [0.5, 0.6) is 0 Å². The Labute approximate surface area is 364 Å². The first-order chi connectivity index (χ1) is 29.0. The van der Waals surface area contributed by atoms with Crippen LogP contribution in [0.15, 0.2) is 60.8 Å². The fraction of sp³-hybridized carbons (Fsp3) is 0.755. The number of hydrogen-bond donors (Lipinski definition) is 0. The van der Waals surface area contributed by atoms with Crippen LogP contribution < -0.4 is 0 Å². The van der Waals surface area contributed by atoms with Gasteiger partial charge in [0.1, 0.15) is 13.2 Å². The summed E-state index contributed by atoms with van der Waals surface area (Å²) in [5.41, 5.74) is 0. The quantitative estimate of drug-likeness (QED) is 0.0200. The second kappa shape index (κ2) is 47.8. The highest BCUT2D eigenvalue weighted by Gasteiger charge is 2.19. The van der Waals surface area contributed by atoms with Gasteiger partial charge in [-0.2, -0.15) is 0 Å². The van der Waals surface area contributed by atoms with E-state index in [-0.39, 0.29) is 31.1 Å². The highest BCUT2D eigenvalue weighted by Crippen LogP contribution is 2.14. The molecule has 340 valence electrons. The van der Waals surface area contributed by atoms with Crippen LogP contribution in [0.4, 0.5) is 0 Å². The molecule has 0 aromatic carbocycles. The van der Waals surface area contributed by atoms with Crippen molar-refractivity contribution in [3.05, 3.63) is 60.8 Å². The molecule has 0 saturated carbocycles. The van der Waals surface area contributed by atoms with E-state index in [1.165, 1.54) is 103 Å². The molecule has 1 unspecified atom stereocenters. The van der Waals surface area contributed by atoms with Crippen molar-refractivity contribution >= 4 is 17.9 Å². The standard InChI is InChI=1S/C53H92O6/c1-4-7-10-13-16-19-21-23-25-26-27-28-30-31-34-37-40-43-46-52(55)58-49-50(48-57-51(54)45-42-39-36-33-18-15-12-9-6-3)59-53(56)47-44-41-38-35-32-29-24-22-20-17-14-11-8-5-2/h16,19,21,23,25-29,32,50H,4-15,17-18,20,22,24,30-31,33-49H2,1-3H3/b19-16-,23-21-,26-25-,28-27-,32-29-. The topological polar surface area (TPSA) is 78.9 Å². The zero-order valence-electron chi connectivity index (χ0n) is 38.8. The van der Waals surface area contributed by atoms with Crippen LogP contribution in [0.1, 0.15) is 239 Å². The molecule has 0 radical (unpaired) electrons. The molecule has 1 atom stereocenters. The van der Waals surface area contributed by atoms with E-state index in [2.05, 4.69) is 81.5 Å². The molecule has 0 N–H and O–H groups in total. The Bertz CT molecular complexity index is 1090. The number of hydrogen-bond acceptors (Lipinski definition) is 6. The maximum Gasteiger partial charge on any atom is 0.306 e. The van der Waals surface area contributed by atoms with Crippen molar-refractivity contribution in [3.8, 4) is 0 Å². The van der Waals surface area contributed by atoms with Gasteiger partial charge in [0.15, 0.2) is 6.10 Å². The summed E-state index contributed by atoms with van der Waals surface area (Å²) in [6.45, 7) is 6.54. The largest absolute Gasteiger partial charge is 0.462 e. The van der Waals surface area contributed by atoms with E-state index in [4.69, 9.17) is 14.2 Å². The van der Waals surface area contributed by atoms with Crippen LogP contribution in [0, 0.1) is 0 Å². The van der Waals surface area contributed by atoms with E-state index >= 15 is 0 Å². The van der Waals surface area contributed by atoms with E-state index in [0.29, 0.717) is 19.3 Å². The molecule has 0 aromatic heterocycles. The summed E-state index contributed by atoms with van der Waals surface area (Å²) in [6.07, 6.45) is 57.7. The fourth-order valence-corrected chi connectivity index (χ4v) is 6.80. The molecule has 6 nitrogen and oxygen atoms in total. The smallest absolute Gasteiger partial charge is 0.306 e. The number of unbranched alkanes of at least 4 members (excludes halogenated alkanes) is 26. The summed E-state index contributed by atoms with van der Waals surface area (Å²) >= 11 is 0. The Kier molecular flexibility index (Phi) is 45.4. The van der Waals surface area contributed by atoms with E-state index in [0.717, 1.165) is 96.3 Å². The lowest BCUT2D eigenvalue weighted by atomic mass is 10.1. The van der Waals surface area contributed by atoms with E-state index in [9.17, 15) is 14.4 Å². The summed E-state index contributed by atoms with van der Waals surface area (Å²) < 4.78 is 16.7. The Morgan fingerprint density at radius 2 is 0.627 bits per heavy atom. The lowest BCUT2D eigenvalue weighted by Gasteiger charge is -2.18. The summed E-state index contributed by atoms with van der Waals surface area (Å²) in [5.74, 6) is -0.928. The van der Waals surface area contributed by atoms with Crippen molar-refractivity contribution < 1.29 is 28.6 Å². The van der Waals surface area contributed by atoms with Crippen molar-refractivity contribution in [1.82, 2.24) is 0 Å². The highest BCUT2D eigenvalue weighted by atomic mass is 16.6. The minimum Gasteiger partial charge on any atom is -0.462 e. The van der Waals surface area contributed by atoms with Gasteiger partial charge in [0.2, 0.25) is 0 Å². The van der Waals surface area contributed by atoms with Gasteiger partial charge in [-0.15, -0.1) is 0 Å². The van der Waals surface area contributed by atoms with Gasteiger partial charge in [0.05, 0.1) is 0 Å². The van der Waals surface area contributed by atoms with Gasteiger partial charge in [-0.25, -0.2) is 0 Å². The van der Waals surface area contributed by atoms with Crippen molar-refractivity contribution in [2.24, 2.45) is 0 Å². The van der Waals surface area contributed by atoms with Crippen molar-refractivity contribution in [3.63, 3.8) is 0 Å². The van der Waals surface area contributed by atoms with Crippen molar-refractivity contribution in [2.75, 3.05) is 13.2 Å². The van der Waals surface area contributed by atoms with Gasteiger partial charge in [-0.3, -0.25) is 14.4 Å². The van der Waals surface area contributed by atoms with Gasteiger partial charge >= 0.3 is 17.9 Å². The number of rotatable bonds is 44. The van der Waals surface area contributed by atoms with Gasteiger partial charge in [-0.05, 0) is 70.6 Å². The van der Waals surface area contributed by atoms with Crippen molar-refractivity contribution in [2.45, 2.75) is 245 Å². The lowest BCUT2D eigenvalue weighted by molar-refractivity contribution is -0.167. The molecule has 0 rings (SSSR count). The van der Waals surface area contributed by atoms with Crippen LogP contribution in [-0.4, -0.2) is 37.2 Å².